The molecule has 1 fully saturated rings. The number of nitrogens with two attached hydrogens (primary N) is 1. The quantitative estimate of drug-likeness (QED) is 0.694. The molecule has 0 aromatic carbocycles. The van der Waals surface area contributed by atoms with Gasteiger partial charge in [-0.3, -0.25) is 9.59 Å². The number of piperidine rings is 1. The van der Waals surface area contributed by atoms with E-state index in [9.17, 15) is 9.59 Å². The summed E-state index contributed by atoms with van der Waals surface area (Å²) in [5.74, 6) is 0.503. The van der Waals surface area contributed by atoms with Gasteiger partial charge in [-0.05, 0) is 12.8 Å². The van der Waals surface area contributed by atoms with Gasteiger partial charge in [0.25, 0.3) is 0 Å². The number of nitrogens with one attached hydrogen (secondary N) is 1. The Morgan fingerprint density at radius 3 is 2.94 bits per heavy atom. The third-order valence-corrected chi connectivity index (χ3v) is 3.92. The topological polar surface area (TPSA) is 75.4 Å². The maximum Gasteiger partial charge on any atom is 0.236 e. The Hall–Kier alpha value is -0.750. The van der Waals surface area contributed by atoms with Crippen LogP contribution in [-0.2, 0) is 9.59 Å². The average molecular weight is 245 g/mol. The summed E-state index contributed by atoms with van der Waals surface area (Å²) in [7, 11) is 1.63. The van der Waals surface area contributed by atoms with E-state index >= 15 is 0 Å². The van der Waals surface area contributed by atoms with Gasteiger partial charge in [0, 0.05) is 25.4 Å². The molecule has 16 heavy (non-hydrogen) atoms. The molecule has 0 spiro atoms. The fourth-order valence-electron chi connectivity index (χ4n) is 1.70. The summed E-state index contributed by atoms with van der Waals surface area (Å²) in [6.07, 6.45) is 2.06. The van der Waals surface area contributed by atoms with E-state index in [1.807, 2.05) is 0 Å². The lowest BCUT2D eigenvalue weighted by Crippen LogP contribution is -2.44. The van der Waals surface area contributed by atoms with Crippen molar-refractivity contribution >= 4 is 23.6 Å². The number of hydrogen-bond donors (Lipinski definition) is 2. The van der Waals surface area contributed by atoms with Crippen molar-refractivity contribution < 1.29 is 9.59 Å². The van der Waals surface area contributed by atoms with Crippen molar-refractivity contribution in [3.05, 3.63) is 0 Å². The zero-order chi connectivity index (χ0) is 12.0. The minimum Gasteiger partial charge on any atom is -0.358 e. The molecule has 6 heteroatoms. The zero-order valence-corrected chi connectivity index (χ0v) is 10.4. The monoisotopic (exact) mass is 245 g/mol. The molecule has 1 atom stereocenters. The molecule has 0 bridgehead atoms. The molecule has 0 radical (unpaired) electrons. The summed E-state index contributed by atoms with van der Waals surface area (Å²) in [6, 6.07) is 0. The van der Waals surface area contributed by atoms with Crippen LogP contribution in [0.4, 0.5) is 0 Å². The van der Waals surface area contributed by atoms with Gasteiger partial charge in [0.15, 0.2) is 0 Å². The Kier molecular flexibility index (Phi) is 5.62. The molecule has 3 N–H and O–H groups in total. The highest BCUT2D eigenvalue weighted by Gasteiger charge is 2.23. The first kappa shape index (κ1) is 13.3. The van der Waals surface area contributed by atoms with E-state index in [4.69, 9.17) is 5.73 Å². The molecule has 2 amide bonds. The number of likely N-dealkylation sites (tertiary alicyclic amines) is 1. The lowest BCUT2D eigenvalue weighted by Gasteiger charge is -2.32. The molecule has 1 unspecified atom stereocenters. The van der Waals surface area contributed by atoms with Gasteiger partial charge in [-0.1, -0.05) is 0 Å². The SMILES string of the molecule is CNC(=O)CSC1CCCN(C(=O)CN)C1. The number of thioether (sulfide) groups is 1. The number of hydrogen-bond acceptors (Lipinski definition) is 4. The Bertz CT molecular complexity index is 260. The van der Waals surface area contributed by atoms with Crippen LogP contribution in [0.1, 0.15) is 12.8 Å². The van der Waals surface area contributed by atoms with Gasteiger partial charge < -0.3 is 16.0 Å². The van der Waals surface area contributed by atoms with Crippen molar-refractivity contribution in [2.24, 2.45) is 5.73 Å². The standard InChI is InChI=1S/C10H19N3O2S/c1-12-9(14)7-16-8-3-2-4-13(6-8)10(15)5-11/h8H,2-7,11H2,1H3,(H,12,14). The summed E-state index contributed by atoms with van der Waals surface area (Å²) in [4.78, 5) is 24.3. The van der Waals surface area contributed by atoms with E-state index in [0.717, 1.165) is 25.9 Å². The Balaban J connectivity index is 2.33. The maximum absolute atomic E-state index is 11.4. The van der Waals surface area contributed by atoms with Gasteiger partial charge in [-0.25, -0.2) is 0 Å². The maximum atomic E-state index is 11.4. The molecule has 0 saturated carbocycles. The number of carbonyl (C=O) groups is 2. The summed E-state index contributed by atoms with van der Waals surface area (Å²) in [5.41, 5.74) is 5.33. The second-order valence-corrected chi connectivity index (χ2v) is 5.08. The van der Waals surface area contributed by atoms with Gasteiger partial charge in [0.2, 0.25) is 11.8 Å². The number of nitrogens with zero attached hydrogens (tertiary/aromatic N) is 1. The molecule has 0 aromatic rings. The van der Waals surface area contributed by atoms with E-state index in [2.05, 4.69) is 5.32 Å². The molecule has 1 aliphatic rings. The summed E-state index contributed by atoms with van der Waals surface area (Å²) in [6.45, 7) is 1.59. The minimum atomic E-state index is 0.00485. The van der Waals surface area contributed by atoms with Crippen LogP contribution in [0.5, 0.6) is 0 Å². The van der Waals surface area contributed by atoms with E-state index in [0.29, 0.717) is 11.0 Å². The molecule has 1 heterocycles. The lowest BCUT2D eigenvalue weighted by molar-refractivity contribution is -0.130. The van der Waals surface area contributed by atoms with Crippen molar-refractivity contribution in [3.8, 4) is 0 Å². The largest absolute Gasteiger partial charge is 0.358 e. The van der Waals surface area contributed by atoms with Crippen LogP contribution in [0, 0.1) is 0 Å². The summed E-state index contributed by atoms with van der Waals surface area (Å²) >= 11 is 1.61. The molecule has 1 rings (SSSR count). The van der Waals surface area contributed by atoms with E-state index < -0.39 is 0 Å². The van der Waals surface area contributed by atoms with E-state index in [-0.39, 0.29) is 18.4 Å². The molecule has 1 aliphatic heterocycles. The minimum absolute atomic E-state index is 0.00485. The molecule has 1 saturated heterocycles. The van der Waals surface area contributed by atoms with Crippen LogP contribution in [0.25, 0.3) is 0 Å². The first-order chi connectivity index (χ1) is 7.67. The fourth-order valence-corrected chi connectivity index (χ4v) is 2.85. The van der Waals surface area contributed by atoms with Crippen LogP contribution in [0.15, 0.2) is 0 Å². The highest BCUT2D eigenvalue weighted by molar-refractivity contribution is 8.00. The first-order valence-corrected chi connectivity index (χ1v) is 6.52. The van der Waals surface area contributed by atoms with Crippen LogP contribution in [0.3, 0.4) is 0 Å². The van der Waals surface area contributed by atoms with Gasteiger partial charge in [-0.15, -0.1) is 11.8 Å². The second kappa shape index (κ2) is 6.75. The number of rotatable bonds is 4. The highest BCUT2D eigenvalue weighted by Crippen LogP contribution is 2.22. The van der Waals surface area contributed by atoms with Gasteiger partial charge in [0.1, 0.15) is 0 Å². The number of amides is 2. The third-order valence-electron chi connectivity index (χ3n) is 2.63. The molecule has 92 valence electrons. The highest BCUT2D eigenvalue weighted by atomic mass is 32.2. The molecular weight excluding hydrogens is 226 g/mol. The lowest BCUT2D eigenvalue weighted by atomic mass is 10.1. The first-order valence-electron chi connectivity index (χ1n) is 5.47. The molecule has 0 aliphatic carbocycles. The van der Waals surface area contributed by atoms with Crippen LogP contribution in [0.2, 0.25) is 0 Å². The predicted molar refractivity (Wildman–Crippen MR) is 65.2 cm³/mol. The average Bonchev–Trinajstić information content (AvgIpc) is 2.35. The Morgan fingerprint density at radius 1 is 1.56 bits per heavy atom. The van der Waals surface area contributed by atoms with Crippen LogP contribution in [-0.4, -0.2) is 54.4 Å². The van der Waals surface area contributed by atoms with Crippen LogP contribution < -0.4 is 11.1 Å². The van der Waals surface area contributed by atoms with Crippen molar-refractivity contribution in [3.63, 3.8) is 0 Å². The zero-order valence-electron chi connectivity index (χ0n) is 9.57. The summed E-state index contributed by atoms with van der Waals surface area (Å²) in [5, 5.41) is 2.95. The third kappa shape index (κ3) is 4.02. The smallest absolute Gasteiger partial charge is 0.236 e. The summed E-state index contributed by atoms with van der Waals surface area (Å²) < 4.78 is 0. The van der Waals surface area contributed by atoms with Crippen molar-refractivity contribution in [1.29, 1.82) is 0 Å². The second-order valence-electron chi connectivity index (χ2n) is 3.79. The van der Waals surface area contributed by atoms with Crippen LogP contribution >= 0.6 is 11.8 Å². The van der Waals surface area contributed by atoms with Crippen molar-refractivity contribution in [1.82, 2.24) is 10.2 Å². The van der Waals surface area contributed by atoms with E-state index in [1.165, 1.54) is 0 Å². The molecule has 5 nitrogen and oxygen atoms in total. The van der Waals surface area contributed by atoms with Gasteiger partial charge in [0.05, 0.1) is 12.3 Å². The Labute approximate surface area is 100 Å². The van der Waals surface area contributed by atoms with Gasteiger partial charge in [-0.2, -0.15) is 0 Å². The molecule has 0 aromatic heterocycles. The predicted octanol–water partition coefficient (Wildman–Crippen LogP) is -0.585. The van der Waals surface area contributed by atoms with Crippen molar-refractivity contribution in [2.75, 3.05) is 32.4 Å². The number of carbonyl (C=O) groups excluding carboxylic acids is 2. The van der Waals surface area contributed by atoms with E-state index in [1.54, 1.807) is 23.7 Å². The fraction of sp³-hybridized carbons (Fsp3) is 0.800. The normalized spacial score (nSPS) is 20.6. The van der Waals surface area contributed by atoms with Gasteiger partial charge >= 0.3 is 0 Å². The molecular formula is C10H19N3O2S. The Morgan fingerprint density at radius 2 is 2.31 bits per heavy atom. The van der Waals surface area contributed by atoms with Crippen molar-refractivity contribution in [2.45, 2.75) is 18.1 Å².